The number of carbonyl (C=O) groups is 1. The van der Waals surface area contributed by atoms with Gasteiger partial charge >= 0.3 is 0 Å². The molecule has 1 unspecified atom stereocenters. The normalized spacial score (nSPS) is 23.6. The van der Waals surface area contributed by atoms with Crippen molar-refractivity contribution in [2.24, 2.45) is 11.3 Å². The van der Waals surface area contributed by atoms with Crippen molar-refractivity contribution in [2.45, 2.75) is 78.6 Å². The van der Waals surface area contributed by atoms with Crippen LogP contribution in [0.25, 0.3) is 0 Å². The van der Waals surface area contributed by atoms with Crippen LogP contribution >= 0.6 is 0 Å². The summed E-state index contributed by atoms with van der Waals surface area (Å²) in [4.78, 5) is 12.1. The van der Waals surface area contributed by atoms with Crippen LogP contribution in [-0.4, -0.2) is 5.78 Å². The summed E-state index contributed by atoms with van der Waals surface area (Å²) < 4.78 is 0. The van der Waals surface area contributed by atoms with Crippen molar-refractivity contribution in [3.8, 4) is 0 Å². The second-order valence-electron chi connectivity index (χ2n) is 6.06. The molecule has 0 aliphatic heterocycles. The van der Waals surface area contributed by atoms with Crippen LogP contribution in [0.5, 0.6) is 0 Å². The number of rotatable bonds is 7. The van der Waals surface area contributed by atoms with E-state index in [2.05, 4.69) is 20.8 Å². The van der Waals surface area contributed by atoms with Crippen molar-refractivity contribution in [3.63, 3.8) is 0 Å². The first-order valence-corrected chi connectivity index (χ1v) is 7.10. The Bertz CT molecular complexity index is 217. The lowest BCUT2D eigenvalue weighted by Crippen LogP contribution is -2.25. The lowest BCUT2D eigenvalue weighted by atomic mass is 9.78. The summed E-state index contributed by atoms with van der Waals surface area (Å²) >= 11 is 0. The Balaban J connectivity index is 2.20. The average Bonchev–Trinajstić information content (AvgIpc) is 2.57. The summed E-state index contributed by atoms with van der Waals surface area (Å²) in [5.74, 6) is 0.901. The van der Waals surface area contributed by atoms with Crippen LogP contribution in [0.3, 0.4) is 0 Å². The maximum Gasteiger partial charge on any atom is 0.136 e. The molecule has 0 amide bonds. The molecule has 1 rings (SSSR count). The van der Waals surface area contributed by atoms with E-state index >= 15 is 0 Å². The molecule has 0 bridgehead atoms. The summed E-state index contributed by atoms with van der Waals surface area (Å²) in [5, 5.41) is 0. The van der Waals surface area contributed by atoms with Crippen LogP contribution in [0, 0.1) is 11.3 Å². The number of unbranched alkanes of at least 4 members (excludes halogenated alkanes) is 4. The van der Waals surface area contributed by atoms with Gasteiger partial charge in [0.15, 0.2) is 0 Å². The van der Waals surface area contributed by atoms with Gasteiger partial charge in [0.05, 0.1) is 0 Å². The summed E-state index contributed by atoms with van der Waals surface area (Å²) in [6.07, 6.45) is 10.7. The lowest BCUT2D eigenvalue weighted by molar-refractivity contribution is -0.125. The molecule has 0 aromatic heterocycles. The highest BCUT2D eigenvalue weighted by molar-refractivity contribution is 5.82. The maximum absolute atomic E-state index is 12.1. The molecule has 1 nitrogen and oxygen atoms in total. The van der Waals surface area contributed by atoms with Crippen molar-refractivity contribution in [1.29, 1.82) is 0 Å². The van der Waals surface area contributed by atoms with E-state index in [1.54, 1.807) is 0 Å². The van der Waals surface area contributed by atoms with Crippen molar-refractivity contribution >= 4 is 5.78 Å². The van der Waals surface area contributed by atoms with E-state index in [0.717, 1.165) is 19.3 Å². The molecule has 1 fully saturated rings. The molecule has 1 aliphatic carbocycles. The van der Waals surface area contributed by atoms with Crippen molar-refractivity contribution in [2.75, 3.05) is 0 Å². The van der Waals surface area contributed by atoms with Crippen LogP contribution in [-0.2, 0) is 4.79 Å². The highest BCUT2D eigenvalue weighted by atomic mass is 16.1. The Hall–Kier alpha value is -0.330. The van der Waals surface area contributed by atoms with E-state index in [-0.39, 0.29) is 5.41 Å². The third-order valence-corrected chi connectivity index (χ3v) is 4.17. The number of Topliss-reactive ketones (excluding diaryl/α,β-unsaturated/α-hetero) is 1. The van der Waals surface area contributed by atoms with Crippen molar-refractivity contribution in [1.82, 2.24) is 0 Å². The first-order valence-electron chi connectivity index (χ1n) is 7.10. The van der Waals surface area contributed by atoms with Crippen LogP contribution in [0.15, 0.2) is 0 Å². The monoisotopic (exact) mass is 224 g/mol. The summed E-state index contributed by atoms with van der Waals surface area (Å²) in [5.41, 5.74) is 0.278. The first-order chi connectivity index (χ1) is 7.58. The lowest BCUT2D eigenvalue weighted by Gasteiger charge is -2.25. The SMILES string of the molecule is CCCCCCCC(=O)C1CCCC1(C)C. The summed E-state index contributed by atoms with van der Waals surface area (Å²) in [6.45, 7) is 6.76. The minimum atomic E-state index is 0.278. The van der Waals surface area contributed by atoms with E-state index < -0.39 is 0 Å². The van der Waals surface area contributed by atoms with Gasteiger partial charge in [-0.1, -0.05) is 52.9 Å². The Morgan fingerprint density at radius 2 is 1.88 bits per heavy atom. The van der Waals surface area contributed by atoms with Gasteiger partial charge in [0, 0.05) is 12.3 Å². The Morgan fingerprint density at radius 1 is 1.19 bits per heavy atom. The van der Waals surface area contributed by atoms with Gasteiger partial charge in [0.1, 0.15) is 5.78 Å². The van der Waals surface area contributed by atoms with Gasteiger partial charge in [-0.3, -0.25) is 4.79 Å². The smallest absolute Gasteiger partial charge is 0.136 e. The topological polar surface area (TPSA) is 17.1 Å². The van der Waals surface area contributed by atoms with Crippen LogP contribution in [0.2, 0.25) is 0 Å². The molecular weight excluding hydrogens is 196 g/mol. The Morgan fingerprint density at radius 3 is 2.44 bits per heavy atom. The molecule has 0 N–H and O–H groups in total. The van der Waals surface area contributed by atoms with Crippen LogP contribution in [0.1, 0.15) is 78.6 Å². The Kier molecular flexibility index (Phi) is 5.51. The zero-order chi connectivity index (χ0) is 12.0. The van der Waals surface area contributed by atoms with Gasteiger partial charge in [0.25, 0.3) is 0 Å². The second-order valence-corrected chi connectivity index (χ2v) is 6.06. The van der Waals surface area contributed by atoms with Gasteiger partial charge in [-0.05, 0) is 24.7 Å². The van der Waals surface area contributed by atoms with Crippen molar-refractivity contribution < 1.29 is 4.79 Å². The third kappa shape index (κ3) is 3.92. The van der Waals surface area contributed by atoms with E-state index in [1.165, 1.54) is 38.5 Å². The largest absolute Gasteiger partial charge is 0.299 e. The van der Waals surface area contributed by atoms with Gasteiger partial charge < -0.3 is 0 Å². The molecule has 0 aromatic rings. The van der Waals surface area contributed by atoms with Gasteiger partial charge in [0.2, 0.25) is 0 Å². The maximum atomic E-state index is 12.1. The first kappa shape index (κ1) is 13.7. The molecule has 1 saturated carbocycles. The summed E-state index contributed by atoms with van der Waals surface area (Å²) in [6, 6.07) is 0. The van der Waals surface area contributed by atoms with Crippen LogP contribution in [0.4, 0.5) is 0 Å². The molecule has 0 heterocycles. The predicted octanol–water partition coefficient (Wildman–Crippen LogP) is 4.74. The van der Waals surface area contributed by atoms with Crippen molar-refractivity contribution in [3.05, 3.63) is 0 Å². The van der Waals surface area contributed by atoms with Crippen LogP contribution < -0.4 is 0 Å². The van der Waals surface area contributed by atoms with E-state index in [1.807, 2.05) is 0 Å². The third-order valence-electron chi connectivity index (χ3n) is 4.17. The fourth-order valence-electron chi connectivity index (χ4n) is 3.00. The molecule has 1 atom stereocenters. The second kappa shape index (κ2) is 6.42. The standard InChI is InChI=1S/C15H28O/c1-4-5-6-7-8-11-14(16)13-10-9-12-15(13,2)3/h13H,4-12H2,1-3H3. The van der Waals surface area contributed by atoms with E-state index in [0.29, 0.717) is 11.7 Å². The molecule has 1 heteroatoms. The number of hydrogen-bond donors (Lipinski definition) is 0. The fraction of sp³-hybridized carbons (Fsp3) is 0.933. The molecule has 0 saturated heterocycles. The molecule has 0 aromatic carbocycles. The molecular formula is C15H28O. The average molecular weight is 224 g/mol. The number of carbonyl (C=O) groups excluding carboxylic acids is 1. The minimum Gasteiger partial charge on any atom is -0.299 e. The number of ketones is 1. The zero-order valence-corrected chi connectivity index (χ0v) is 11.3. The van der Waals surface area contributed by atoms with E-state index in [4.69, 9.17) is 0 Å². The summed E-state index contributed by atoms with van der Waals surface area (Å²) in [7, 11) is 0. The van der Waals surface area contributed by atoms with Gasteiger partial charge in [-0.15, -0.1) is 0 Å². The highest BCUT2D eigenvalue weighted by Crippen LogP contribution is 2.43. The molecule has 0 spiro atoms. The van der Waals surface area contributed by atoms with E-state index in [9.17, 15) is 4.79 Å². The molecule has 1 aliphatic rings. The molecule has 0 radical (unpaired) electrons. The number of hydrogen-bond acceptors (Lipinski definition) is 1. The zero-order valence-electron chi connectivity index (χ0n) is 11.3. The molecule has 16 heavy (non-hydrogen) atoms. The predicted molar refractivity (Wildman–Crippen MR) is 69.5 cm³/mol. The van der Waals surface area contributed by atoms with Gasteiger partial charge in [-0.25, -0.2) is 0 Å². The molecule has 94 valence electrons. The fourth-order valence-corrected chi connectivity index (χ4v) is 3.00. The Labute approximate surface area is 101 Å². The minimum absolute atomic E-state index is 0.278. The van der Waals surface area contributed by atoms with Gasteiger partial charge in [-0.2, -0.15) is 0 Å². The quantitative estimate of drug-likeness (QED) is 0.571. The highest BCUT2D eigenvalue weighted by Gasteiger charge is 2.38.